The minimum Gasteiger partial charge on any atom is -0.504 e. The lowest BCUT2D eigenvalue weighted by molar-refractivity contribution is 0.0374. The van der Waals surface area contributed by atoms with Crippen LogP contribution in [0.3, 0.4) is 0 Å². The van der Waals surface area contributed by atoms with Crippen LogP contribution in [0.2, 0.25) is 0 Å². The van der Waals surface area contributed by atoms with Crippen molar-refractivity contribution in [1.29, 1.82) is 0 Å². The molecule has 0 saturated carbocycles. The standard InChI is InChI=1S/C23H27NO4/c1-16-6-8-17(9-7-16)23(26)28-19-5-4-14-24(2)15-18-10-13-21(27-3)22(25)20(18)12-11-19/h6-13,19,25H,4-5,14-15H2,1-3H3/b12-11-. The van der Waals surface area contributed by atoms with Crippen molar-refractivity contribution < 1.29 is 19.4 Å². The van der Waals surface area contributed by atoms with Gasteiger partial charge in [0, 0.05) is 12.1 Å². The first kappa shape index (κ1) is 20.0. The molecule has 2 aromatic rings. The maximum absolute atomic E-state index is 12.5. The Morgan fingerprint density at radius 2 is 1.93 bits per heavy atom. The number of benzene rings is 2. The van der Waals surface area contributed by atoms with Gasteiger partial charge in [-0.25, -0.2) is 4.79 Å². The topological polar surface area (TPSA) is 59.0 Å². The molecular weight excluding hydrogens is 354 g/mol. The van der Waals surface area contributed by atoms with Gasteiger partial charge in [-0.15, -0.1) is 0 Å². The average molecular weight is 381 g/mol. The van der Waals surface area contributed by atoms with Gasteiger partial charge in [-0.3, -0.25) is 0 Å². The number of phenolic OH excluding ortho intramolecular Hbond substituents is 1. The molecule has 0 spiro atoms. The number of ether oxygens (including phenoxy) is 2. The molecule has 1 unspecified atom stereocenters. The van der Waals surface area contributed by atoms with E-state index >= 15 is 0 Å². The third-order valence-electron chi connectivity index (χ3n) is 4.98. The van der Waals surface area contributed by atoms with E-state index in [4.69, 9.17) is 9.47 Å². The predicted molar refractivity (Wildman–Crippen MR) is 110 cm³/mol. The summed E-state index contributed by atoms with van der Waals surface area (Å²) in [5, 5.41) is 10.6. The number of hydrogen-bond acceptors (Lipinski definition) is 5. The Kier molecular flexibility index (Phi) is 6.37. The van der Waals surface area contributed by atoms with Crippen molar-refractivity contribution in [2.45, 2.75) is 32.4 Å². The summed E-state index contributed by atoms with van der Waals surface area (Å²) in [4.78, 5) is 14.7. The Morgan fingerprint density at radius 3 is 2.64 bits per heavy atom. The molecule has 5 nitrogen and oxygen atoms in total. The van der Waals surface area contributed by atoms with Gasteiger partial charge >= 0.3 is 5.97 Å². The maximum Gasteiger partial charge on any atom is 0.338 e. The van der Waals surface area contributed by atoms with E-state index in [0.717, 1.165) is 37.1 Å². The van der Waals surface area contributed by atoms with E-state index in [1.807, 2.05) is 44.3 Å². The summed E-state index contributed by atoms with van der Waals surface area (Å²) in [6.45, 7) is 3.58. The molecule has 1 aliphatic heterocycles. The number of carbonyl (C=O) groups excluding carboxylic acids is 1. The maximum atomic E-state index is 12.5. The summed E-state index contributed by atoms with van der Waals surface area (Å²) in [7, 11) is 3.58. The third kappa shape index (κ3) is 4.73. The molecule has 0 aromatic heterocycles. The number of carbonyl (C=O) groups is 1. The number of nitrogens with zero attached hydrogens (tertiary/aromatic N) is 1. The number of aryl methyl sites for hydroxylation is 1. The number of esters is 1. The van der Waals surface area contributed by atoms with E-state index in [1.54, 1.807) is 18.2 Å². The monoisotopic (exact) mass is 381 g/mol. The van der Waals surface area contributed by atoms with Crippen molar-refractivity contribution in [1.82, 2.24) is 4.90 Å². The molecule has 28 heavy (non-hydrogen) atoms. The van der Waals surface area contributed by atoms with Crippen LogP contribution in [-0.2, 0) is 11.3 Å². The SMILES string of the molecule is COc1ccc2c(c1O)/C=C\C(OC(=O)c1ccc(C)cc1)CCCN(C)C2. The molecule has 3 rings (SSSR count). The van der Waals surface area contributed by atoms with Gasteiger partial charge in [0.05, 0.1) is 12.7 Å². The fourth-order valence-corrected chi connectivity index (χ4v) is 3.34. The van der Waals surface area contributed by atoms with Crippen LogP contribution < -0.4 is 4.74 Å². The summed E-state index contributed by atoms with van der Waals surface area (Å²) in [5.41, 5.74) is 3.34. The normalized spacial score (nSPS) is 18.8. The lowest BCUT2D eigenvalue weighted by Crippen LogP contribution is -2.23. The van der Waals surface area contributed by atoms with E-state index in [0.29, 0.717) is 16.9 Å². The fraction of sp³-hybridized carbons (Fsp3) is 0.348. The number of phenols is 1. The molecule has 0 bridgehead atoms. The second kappa shape index (κ2) is 8.93. The van der Waals surface area contributed by atoms with Crippen molar-refractivity contribution in [3.05, 3.63) is 64.7 Å². The minimum atomic E-state index is -0.362. The summed E-state index contributed by atoms with van der Waals surface area (Å²) >= 11 is 0. The van der Waals surface area contributed by atoms with Crippen molar-refractivity contribution in [2.75, 3.05) is 20.7 Å². The predicted octanol–water partition coefficient (Wildman–Crippen LogP) is 4.17. The molecule has 1 heterocycles. The number of methoxy groups -OCH3 is 1. The first-order valence-corrected chi connectivity index (χ1v) is 9.51. The van der Waals surface area contributed by atoms with Crippen LogP contribution in [-0.4, -0.2) is 42.8 Å². The number of rotatable bonds is 3. The average Bonchev–Trinajstić information content (AvgIpc) is 2.67. The lowest BCUT2D eigenvalue weighted by Gasteiger charge is -2.22. The quantitative estimate of drug-likeness (QED) is 0.809. The molecule has 0 aliphatic carbocycles. The van der Waals surface area contributed by atoms with Gasteiger partial charge in [-0.05, 0) is 63.2 Å². The molecule has 5 heteroatoms. The molecule has 1 aliphatic rings. The Bertz CT molecular complexity index is 858. The highest BCUT2D eigenvalue weighted by Crippen LogP contribution is 2.34. The van der Waals surface area contributed by atoms with E-state index in [1.165, 1.54) is 7.11 Å². The third-order valence-corrected chi connectivity index (χ3v) is 4.98. The molecule has 0 fully saturated rings. The van der Waals surface area contributed by atoms with Crippen molar-refractivity contribution >= 4 is 12.0 Å². The van der Waals surface area contributed by atoms with Gasteiger partial charge in [-0.2, -0.15) is 0 Å². The number of aromatic hydroxyl groups is 1. The second-order valence-electron chi connectivity index (χ2n) is 7.24. The van der Waals surface area contributed by atoms with Gasteiger partial charge in [0.1, 0.15) is 6.10 Å². The Hall–Kier alpha value is -2.79. The first-order valence-electron chi connectivity index (χ1n) is 9.51. The molecule has 1 atom stereocenters. The fourth-order valence-electron chi connectivity index (χ4n) is 3.34. The van der Waals surface area contributed by atoms with Crippen LogP contribution in [0, 0.1) is 6.92 Å². The second-order valence-corrected chi connectivity index (χ2v) is 7.24. The Labute approximate surface area is 166 Å². The number of fused-ring (bicyclic) bond motifs is 1. The van der Waals surface area contributed by atoms with Crippen molar-refractivity contribution in [3.63, 3.8) is 0 Å². The van der Waals surface area contributed by atoms with Gasteiger partial charge in [0.2, 0.25) is 0 Å². The largest absolute Gasteiger partial charge is 0.504 e. The lowest BCUT2D eigenvalue weighted by atomic mass is 10.0. The molecule has 0 radical (unpaired) electrons. The van der Waals surface area contributed by atoms with Crippen LogP contribution in [0.4, 0.5) is 0 Å². The van der Waals surface area contributed by atoms with E-state index in [-0.39, 0.29) is 17.8 Å². The zero-order valence-corrected chi connectivity index (χ0v) is 16.6. The highest BCUT2D eigenvalue weighted by molar-refractivity contribution is 5.89. The highest BCUT2D eigenvalue weighted by Gasteiger charge is 2.18. The van der Waals surface area contributed by atoms with Crippen LogP contribution in [0.15, 0.2) is 42.5 Å². The first-order chi connectivity index (χ1) is 13.5. The van der Waals surface area contributed by atoms with E-state index in [2.05, 4.69) is 4.90 Å². The summed E-state index contributed by atoms with van der Waals surface area (Å²) in [6, 6.07) is 11.1. The smallest absolute Gasteiger partial charge is 0.338 e. The molecule has 1 N–H and O–H groups in total. The zero-order chi connectivity index (χ0) is 20.1. The van der Waals surface area contributed by atoms with Crippen LogP contribution in [0.5, 0.6) is 11.5 Å². The van der Waals surface area contributed by atoms with Gasteiger partial charge in [-0.1, -0.05) is 29.8 Å². The van der Waals surface area contributed by atoms with Gasteiger partial charge in [0.25, 0.3) is 0 Å². The number of hydrogen-bond donors (Lipinski definition) is 1. The molecule has 148 valence electrons. The summed E-state index contributed by atoms with van der Waals surface area (Å²) in [6.07, 6.45) is 4.95. The molecule has 2 aromatic carbocycles. The van der Waals surface area contributed by atoms with Crippen molar-refractivity contribution in [2.24, 2.45) is 0 Å². The van der Waals surface area contributed by atoms with E-state index in [9.17, 15) is 9.90 Å². The van der Waals surface area contributed by atoms with Crippen LogP contribution in [0.25, 0.3) is 6.08 Å². The van der Waals surface area contributed by atoms with Gasteiger partial charge in [0.15, 0.2) is 11.5 Å². The Balaban J connectivity index is 1.86. The zero-order valence-electron chi connectivity index (χ0n) is 16.6. The summed E-state index contributed by atoms with van der Waals surface area (Å²) < 4.78 is 11.0. The van der Waals surface area contributed by atoms with Crippen LogP contribution in [0.1, 0.15) is 39.9 Å². The molecule has 0 amide bonds. The van der Waals surface area contributed by atoms with E-state index < -0.39 is 0 Å². The molecular formula is C23H27NO4. The highest BCUT2D eigenvalue weighted by atomic mass is 16.5. The minimum absolute atomic E-state index is 0.105. The summed E-state index contributed by atoms with van der Waals surface area (Å²) in [5.74, 6) is 0.195. The van der Waals surface area contributed by atoms with Crippen LogP contribution >= 0.6 is 0 Å². The van der Waals surface area contributed by atoms with Crippen molar-refractivity contribution in [3.8, 4) is 11.5 Å². The molecule has 0 saturated heterocycles. The van der Waals surface area contributed by atoms with Gasteiger partial charge < -0.3 is 19.5 Å². The Morgan fingerprint density at radius 1 is 1.18 bits per heavy atom.